The van der Waals surface area contributed by atoms with Gasteiger partial charge in [-0.1, -0.05) is 47.5 Å². The minimum absolute atomic E-state index is 0.0930. The van der Waals surface area contributed by atoms with Crippen molar-refractivity contribution in [2.45, 2.75) is 33.3 Å². The summed E-state index contributed by atoms with van der Waals surface area (Å²) in [5, 5.41) is 10.8. The van der Waals surface area contributed by atoms with Crippen molar-refractivity contribution in [1.82, 2.24) is 0 Å². The first-order chi connectivity index (χ1) is 14.5. The first-order valence-electron chi connectivity index (χ1n) is 9.38. The molecule has 2 aromatic carbocycles. The van der Waals surface area contributed by atoms with E-state index in [1.807, 2.05) is 0 Å². The Morgan fingerprint density at radius 1 is 1.06 bits per heavy atom. The Balaban J connectivity index is 2.09. The number of aliphatic hydroxyl groups excluding tert-OH is 1. The molecule has 1 heterocycles. The van der Waals surface area contributed by atoms with Crippen molar-refractivity contribution in [2.75, 3.05) is 0 Å². The van der Waals surface area contributed by atoms with E-state index in [0.717, 1.165) is 0 Å². The predicted molar refractivity (Wildman–Crippen MR) is 121 cm³/mol. The quantitative estimate of drug-likeness (QED) is 0.370. The number of ether oxygens (including phenoxy) is 1. The molecule has 0 spiro atoms. The van der Waals surface area contributed by atoms with Crippen LogP contribution in [0.2, 0.25) is 10.0 Å². The lowest BCUT2D eigenvalue weighted by Gasteiger charge is -2.21. The maximum atomic E-state index is 12.8. The minimum atomic E-state index is -0.769. The maximum absolute atomic E-state index is 12.8. The fourth-order valence-corrected chi connectivity index (χ4v) is 3.44. The van der Waals surface area contributed by atoms with E-state index in [0.29, 0.717) is 16.1 Å². The summed E-state index contributed by atoms with van der Waals surface area (Å²) >= 11 is 12.0. The molecule has 1 amide bonds. The Hall–Kier alpha value is -2.96. The Morgan fingerprint density at radius 2 is 1.71 bits per heavy atom. The van der Waals surface area contributed by atoms with Crippen molar-refractivity contribution in [1.29, 1.82) is 0 Å². The monoisotopic (exact) mass is 458 g/mol. The fraction of sp³-hybridized carbons (Fsp3) is 0.217. The Labute approximate surface area is 189 Å². The van der Waals surface area contributed by atoms with E-state index in [-0.39, 0.29) is 33.5 Å². The summed E-state index contributed by atoms with van der Waals surface area (Å²) in [6.45, 7) is 6.54. The predicted octanol–water partition coefficient (Wildman–Crippen LogP) is 5.56. The zero-order valence-electron chi connectivity index (χ0n) is 17.4. The van der Waals surface area contributed by atoms with Gasteiger partial charge >= 0.3 is 5.97 Å². The van der Waals surface area contributed by atoms with E-state index in [1.54, 1.807) is 45.0 Å². The van der Waals surface area contributed by atoms with Crippen molar-refractivity contribution in [3.05, 3.63) is 80.5 Å². The highest BCUT2D eigenvalue weighted by atomic mass is 35.5. The number of esters is 1. The Bertz CT molecular complexity index is 1170. The molecule has 0 saturated carbocycles. The van der Waals surface area contributed by atoms with Crippen molar-refractivity contribution in [2.24, 2.45) is 9.98 Å². The molecule has 31 heavy (non-hydrogen) atoms. The molecule has 0 saturated heterocycles. The number of carbonyl (C=O) groups excluding carboxylic acids is 2. The number of allylic oxidation sites excluding steroid dienone is 1. The van der Waals surface area contributed by atoms with Crippen molar-refractivity contribution < 1.29 is 19.4 Å². The average Bonchev–Trinajstić information content (AvgIpc) is 2.98. The van der Waals surface area contributed by atoms with Crippen LogP contribution in [0.1, 0.15) is 49.2 Å². The Morgan fingerprint density at radius 3 is 2.29 bits per heavy atom. The molecule has 0 radical (unpaired) electrons. The van der Waals surface area contributed by atoms with Gasteiger partial charge in [-0.3, -0.25) is 4.79 Å². The van der Waals surface area contributed by atoms with Crippen LogP contribution in [0.25, 0.3) is 0 Å². The van der Waals surface area contributed by atoms with E-state index in [9.17, 15) is 14.7 Å². The van der Waals surface area contributed by atoms with Gasteiger partial charge in [0.05, 0.1) is 16.3 Å². The first-order valence-corrected chi connectivity index (χ1v) is 10.1. The van der Waals surface area contributed by atoms with Gasteiger partial charge in [0.2, 0.25) is 0 Å². The summed E-state index contributed by atoms with van der Waals surface area (Å²) in [6, 6.07) is 11.4. The average molecular weight is 459 g/mol. The number of benzene rings is 2. The van der Waals surface area contributed by atoms with E-state index in [4.69, 9.17) is 27.9 Å². The highest BCUT2D eigenvalue weighted by Crippen LogP contribution is 2.28. The lowest BCUT2D eigenvalue weighted by molar-refractivity contribution is -0.149. The molecular formula is C23H20Cl2N2O4. The van der Waals surface area contributed by atoms with Gasteiger partial charge in [0.15, 0.2) is 5.84 Å². The van der Waals surface area contributed by atoms with Gasteiger partial charge in [-0.2, -0.15) is 4.99 Å². The highest BCUT2D eigenvalue weighted by Gasteiger charge is 2.32. The van der Waals surface area contributed by atoms with Crippen molar-refractivity contribution in [3.63, 3.8) is 0 Å². The van der Waals surface area contributed by atoms with Crippen LogP contribution in [-0.4, -0.2) is 34.1 Å². The standard InChI is InChI=1S/C23H20Cl2N2O4/c1-12(28)18(22(30)31-23(2,3)4)19-14-7-5-6-8-15(14)20(26-19)27-21(29)16-10-9-13(24)11-17(16)25/h5-11,28H,1-4H3/b18-12-,27-20?. The Kier molecular flexibility index (Phi) is 6.34. The first kappa shape index (κ1) is 22.7. The number of fused-ring (bicyclic) bond motifs is 1. The molecule has 8 heteroatoms. The number of rotatable bonds is 3. The third-order valence-electron chi connectivity index (χ3n) is 4.21. The smallest absolute Gasteiger partial charge is 0.344 e. The molecule has 3 rings (SSSR count). The van der Waals surface area contributed by atoms with Gasteiger partial charge in [0.1, 0.15) is 16.9 Å². The summed E-state index contributed by atoms with van der Waals surface area (Å²) in [7, 11) is 0. The zero-order valence-corrected chi connectivity index (χ0v) is 18.9. The van der Waals surface area contributed by atoms with Gasteiger partial charge < -0.3 is 9.84 Å². The molecule has 1 N–H and O–H groups in total. The van der Waals surface area contributed by atoms with Crippen LogP contribution < -0.4 is 0 Å². The summed E-state index contributed by atoms with van der Waals surface area (Å²) in [6.07, 6.45) is 0. The molecule has 0 aromatic heterocycles. The molecule has 1 aliphatic rings. The van der Waals surface area contributed by atoms with Crippen LogP contribution in [0.3, 0.4) is 0 Å². The number of hydrogen-bond acceptors (Lipinski definition) is 4. The van der Waals surface area contributed by atoms with Gasteiger partial charge in [0, 0.05) is 16.1 Å². The van der Waals surface area contributed by atoms with E-state index in [2.05, 4.69) is 9.98 Å². The normalized spacial score (nSPS) is 15.3. The summed E-state index contributed by atoms with van der Waals surface area (Å²) in [5.74, 6) is -1.49. The zero-order chi connectivity index (χ0) is 22.9. The number of amides is 1. The second kappa shape index (κ2) is 8.65. The molecular weight excluding hydrogens is 439 g/mol. The van der Waals surface area contributed by atoms with Crippen LogP contribution in [0.5, 0.6) is 0 Å². The van der Waals surface area contributed by atoms with Gasteiger partial charge in [0.25, 0.3) is 5.91 Å². The molecule has 0 unspecified atom stereocenters. The van der Waals surface area contributed by atoms with Gasteiger partial charge in [-0.15, -0.1) is 0 Å². The maximum Gasteiger partial charge on any atom is 0.344 e. The number of nitrogens with zero attached hydrogens (tertiary/aromatic N) is 2. The number of amidine groups is 1. The number of hydrogen-bond donors (Lipinski definition) is 1. The molecule has 0 fully saturated rings. The number of aliphatic imine (C=N–C) groups is 2. The third-order valence-corrected chi connectivity index (χ3v) is 4.76. The lowest BCUT2D eigenvalue weighted by atomic mass is 9.99. The second-order valence-electron chi connectivity index (χ2n) is 7.83. The van der Waals surface area contributed by atoms with Crippen molar-refractivity contribution in [3.8, 4) is 0 Å². The molecule has 0 bridgehead atoms. The topological polar surface area (TPSA) is 88.3 Å². The number of aliphatic hydroxyl groups is 1. The molecule has 0 atom stereocenters. The van der Waals surface area contributed by atoms with Crippen LogP contribution in [0.4, 0.5) is 0 Å². The number of carbonyl (C=O) groups is 2. The summed E-state index contributed by atoms with van der Waals surface area (Å²) in [4.78, 5) is 34.0. The molecule has 2 aromatic rings. The summed E-state index contributed by atoms with van der Waals surface area (Å²) < 4.78 is 5.43. The van der Waals surface area contributed by atoms with Gasteiger partial charge in [-0.05, 0) is 45.9 Å². The minimum Gasteiger partial charge on any atom is -0.512 e. The van der Waals surface area contributed by atoms with Crippen LogP contribution in [0.15, 0.2) is 63.8 Å². The highest BCUT2D eigenvalue weighted by molar-refractivity contribution is 6.38. The second-order valence-corrected chi connectivity index (χ2v) is 8.68. The SMILES string of the molecule is C/C(O)=C(/C(=O)OC(C)(C)C)C1=NC(=NC(=O)c2ccc(Cl)cc2Cl)c2ccccc21. The molecule has 160 valence electrons. The van der Waals surface area contributed by atoms with Crippen LogP contribution in [0, 0.1) is 0 Å². The van der Waals surface area contributed by atoms with E-state index in [1.165, 1.54) is 25.1 Å². The molecule has 6 nitrogen and oxygen atoms in total. The molecule has 0 aliphatic carbocycles. The molecule has 1 aliphatic heterocycles. The summed E-state index contributed by atoms with van der Waals surface area (Å²) in [5.41, 5.74) is 0.571. The number of halogens is 2. The van der Waals surface area contributed by atoms with E-state index >= 15 is 0 Å². The largest absolute Gasteiger partial charge is 0.512 e. The van der Waals surface area contributed by atoms with Crippen LogP contribution >= 0.6 is 23.2 Å². The van der Waals surface area contributed by atoms with Gasteiger partial charge in [-0.25, -0.2) is 9.79 Å². The third kappa shape index (κ3) is 5.03. The fourth-order valence-electron chi connectivity index (χ4n) is 2.95. The van der Waals surface area contributed by atoms with E-state index < -0.39 is 17.5 Å². The van der Waals surface area contributed by atoms with Crippen LogP contribution in [-0.2, 0) is 9.53 Å². The lowest BCUT2D eigenvalue weighted by Crippen LogP contribution is -2.28. The van der Waals surface area contributed by atoms with Crippen molar-refractivity contribution >= 4 is 46.6 Å².